The number of hydrogen-bond donors (Lipinski definition) is 3. The van der Waals surface area contributed by atoms with Gasteiger partial charge in [-0.25, -0.2) is 4.98 Å². The number of benzene rings is 1. The molecule has 3 rings (SSSR count). The summed E-state index contributed by atoms with van der Waals surface area (Å²) >= 11 is 6.04. The predicted molar refractivity (Wildman–Crippen MR) is 96.6 cm³/mol. The minimum Gasteiger partial charge on any atom is -0.472 e. The summed E-state index contributed by atoms with van der Waals surface area (Å²) in [4.78, 5) is 16.4. The van der Waals surface area contributed by atoms with Crippen LogP contribution < -0.4 is 16.5 Å². The molecule has 1 aromatic carbocycles. The van der Waals surface area contributed by atoms with Crippen LogP contribution in [0.4, 0.5) is 11.4 Å². The second kappa shape index (κ2) is 7.09. The van der Waals surface area contributed by atoms with Crippen LogP contribution in [0.3, 0.4) is 0 Å². The van der Waals surface area contributed by atoms with Crippen molar-refractivity contribution in [3.63, 3.8) is 0 Å². The molecule has 0 bridgehead atoms. The highest BCUT2D eigenvalue weighted by molar-refractivity contribution is 6.35. The van der Waals surface area contributed by atoms with Crippen LogP contribution in [0.15, 0.2) is 53.5 Å². The van der Waals surface area contributed by atoms with Gasteiger partial charge in [0.2, 0.25) is 5.71 Å². The van der Waals surface area contributed by atoms with Gasteiger partial charge in [0.15, 0.2) is 0 Å². The lowest BCUT2D eigenvalue weighted by molar-refractivity contribution is -0.111. The molecule has 0 atom stereocenters. The molecule has 8 heteroatoms. The van der Waals surface area contributed by atoms with E-state index in [2.05, 4.69) is 10.3 Å². The van der Waals surface area contributed by atoms with Gasteiger partial charge in [-0.15, -0.1) is 0 Å². The average Bonchev–Trinajstić information content (AvgIpc) is 3.17. The second-order valence-electron chi connectivity index (χ2n) is 5.31. The minimum absolute atomic E-state index is 0.00681. The van der Waals surface area contributed by atoms with E-state index in [0.717, 1.165) is 0 Å². The normalized spacial score (nSPS) is 10.2. The fourth-order valence-corrected chi connectivity index (χ4v) is 2.56. The maximum atomic E-state index is 12.4. The maximum absolute atomic E-state index is 12.4. The van der Waals surface area contributed by atoms with Crippen molar-refractivity contribution in [3.05, 3.63) is 76.5 Å². The number of nitriles is 1. The van der Waals surface area contributed by atoms with Gasteiger partial charge in [-0.3, -0.25) is 10.2 Å². The van der Waals surface area contributed by atoms with Crippen molar-refractivity contribution in [1.82, 2.24) is 4.98 Å². The quantitative estimate of drug-likeness (QED) is 0.477. The number of carbonyl (C=O) groups is 1. The molecule has 3 aromatic rings. The highest BCUT2D eigenvalue weighted by Gasteiger charge is 2.18. The number of nitrogens with zero attached hydrogens (tertiary/aromatic N) is 2. The van der Waals surface area contributed by atoms with Crippen LogP contribution in [-0.2, 0) is 0 Å². The predicted octanol–water partition coefficient (Wildman–Crippen LogP) is 1.63. The number of rotatable bonds is 4. The van der Waals surface area contributed by atoms with Crippen LogP contribution >= 0.6 is 11.6 Å². The van der Waals surface area contributed by atoms with Gasteiger partial charge in [0.25, 0.3) is 5.91 Å². The summed E-state index contributed by atoms with van der Waals surface area (Å²) < 4.78 is 5.02. The van der Waals surface area contributed by atoms with Crippen LogP contribution in [0, 0.1) is 11.3 Å². The molecule has 0 fully saturated rings. The SMILES string of the molecule is N#Cc1ccnc(C(=O)Nc2ccc(N)c(C(=[NH2+])c3ccoc3)c2)c1Cl. The van der Waals surface area contributed by atoms with E-state index in [0.29, 0.717) is 28.2 Å². The molecular formula is C18H13ClN5O2+. The summed E-state index contributed by atoms with van der Waals surface area (Å²) in [5.41, 5.74) is 8.64. The molecule has 0 aliphatic carbocycles. The Morgan fingerprint density at radius 1 is 1.35 bits per heavy atom. The zero-order chi connectivity index (χ0) is 18.7. The zero-order valence-electron chi connectivity index (χ0n) is 13.4. The maximum Gasteiger partial charge on any atom is 0.275 e. The second-order valence-corrected chi connectivity index (χ2v) is 5.69. The Labute approximate surface area is 153 Å². The highest BCUT2D eigenvalue weighted by atomic mass is 35.5. The number of nitrogen functional groups attached to an aromatic ring is 1. The molecule has 128 valence electrons. The smallest absolute Gasteiger partial charge is 0.275 e. The largest absolute Gasteiger partial charge is 0.472 e. The number of anilines is 2. The Hall–Kier alpha value is -3.63. The zero-order valence-corrected chi connectivity index (χ0v) is 14.1. The van der Waals surface area contributed by atoms with E-state index < -0.39 is 5.91 Å². The molecule has 7 nitrogen and oxygen atoms in total. The van der Waals surface area contributed by atoms with Crippen LogP contribution in [0.5, 0.6) is 0 Å². The summed E-state index contributed by atoms with van der Waals surface area (Å²) in [6.45, 7) is 0. The monoisotopic (exact) mass is 366 g/mol. The standard InChI is InChI=1S/C18H12ClN5O2/c19-15-10(8-20)3-5-23-17(15)18(25)24-12-1-2-14(21)13(7-12)16(22)11-4-6-26-9-11/h1-7,9,22H,21H2,(H,24,25)/p+1. The van der Waals surface area contributed by atoms with Gasteiger partial charge in [-0.1, -0.05) is 11.6 Å². The number of carbonyl (C=O) groups excluding carboxylic acids is 1. The summed E-state index contributed by atoms with van der Waals surface area (Å²) in [7, 11) is 0. The van der Waals surface area contributed by atoms with Crippen molar-refractivity contribution in [1.29, 1.82) is 5.26 Å². The first kappa shape index (κ1) is 17.2. The van der Waals surface area contributed by atoms with E-state index in [4.69, 9.17) is 32.4 Å². The minimum atomic E-state index is -0.551. The fraction of sp³-hybridized carbons (Fsp3) is 0. The van der Waals surface area contributed by atoms with E-state index >= 15 is 0 Å². The third-order valence-electron chi connectivity index (χ3n) is 3.66. The number of hydrogen-bond acceptors (Lipinski definition) is 5. The van der Waals surface area contributed by atoms with Crippen molar-refractivity contribution < 1.29 is 14.6 Å². The fourth-order valence-electron chi connectivity index (χ4n) is 2.32. The first-order valence-electron chi connectivity index (χ1n) is 7.42. The van der Waals surface area contributed by atoms with Crippen LogP contribution in [0.25, 0.3) is 0 Å². The van der Waals surface area contributed by atoms with Crippen molar-refractivity contribution in [2.24, 2.45) is 0 Å². The molecule has 5 N–H and O–H groups in total. The van der Waals surface area contributed by atoms with Crippen molar-refractivity contribution in [3.8, 4) is 6.07 Å². The molecule has 0 aliphatic heterocycles. The van der Waals surface area contributed by atoms with Gasteiger partial charge in [0.1, 0.15) is 18.0 Å². The van der Waals surface area contributed by atoms with Gasteiger partial charge in [0, 0.05) is 17.6 Å². The molecule has 0 aliphatic rings. The molecule has 0 spiro atoms. The third-order valence-corrected chi connectivity index (χ3v) is 4.04. The van der Waals surface area contributed by atoms with Crippen molar-refractivity contribution in [2.75, 3.05) is 11.1 Å². The van der Waals surface area contributed by atoms with Crippen LogP contribution in [0.1, 0.15) is 27.2 Å². The first-order chi connectivity index (χ1) is 12.5. The van der Waals surface area contributed by atoms with E-state index in [1.165, 1.54) is 24.8 Å². The van der Waals surface area contributed by atoms with Crippen LogP contribution in [-0.4, -0.2) is 16.6 Å². The summed E-state index contributed by atoms with van der Waals surface area (Å²) in [6.07, 6.45) is 4.34. The molecular weight excluding hydrogens is 354 g/mol. The number of amides is 1. The van der Waals surface area contributed by atoms with E-state index in [9.17, 15) is 4.79 Å². The lowest BCUT2D eigenvalue weighted by Crippen LogP contribution is -2.41. The molecule has 0 saturated carbocycles. The van der Waals surface area contributed by atoms with E-state index in [1.807, 2.05) is 6.07 Å². The number of halogens is 1. The van der Waals surface area contributed by atoms with Gasteiger partial charge < -0.3 is 15.5 Å². The number of pyridine rings is 1. The Morgan fingerprint density at radius 3 is 2.85 bits per heavy atom. The topological polar surface area (TPSA) is 131 Å². The van der Waals surface area contributed by atoms with Crippen LogP contribution in [0.2, 0.25) is 5.02 Å². The molecule has 2 aromatic heterocycles. The Kier molecular flexibility index (Phi) is 4.69. The Bertz CT molecular complexity index is 1040. The van der Waals surface area contributed by atoms with Gasteiger partial charge in [-0.05, 0) is 30.3 Å². The highest BCUT2D eigenvalue weighted by Crippen LogP contribution is 2.23. The first-order valence-corrected chi connectivity index (χ1v) is 7.80. The molecule has 0 saturated heterocycles. The van der Waals surface area contributed by atoms with Gasteiger partial charge >= 0.3 is 0 Å². The van der Waals surface area contributed by atoms with Crippen molar-refractivity contribution in [2.45, 2.75) is 0 Å². The summed E-state index contributed by atoms with van der Waals surface area (Å²) in [6, 6.07) is 9.93. The molecule has 26 heavy (non-hydrogen) atoms. The Balaban J connectivity index is 1.90. The molecule has 0 unspecified atom stereocenters. The van der Waals surface area contributed by atoms with Gasteiger partial charge in [-0.2, -0.15) is 5.26 Å². The number of aromatic nitrogens is 1. The molecule has 1 amide bonds. The molecule has 0 radical (unpaired) electrons. The lowest BCUT2D eigenvalue weighted by atomic mass is 10.0. The van der Waals surface area contributed by atoms with E-state index in [-0.39, 0.29) is 16.3 Å². The van der Waals surface area contributed by atoms with E-state index in [1.54, 1.807) is 24.3 Å². The lowest BCUT2D eigenvalue weighted by Gasteiger charge is -2.09. The average molecular weight is 367 g/mol. The number of nitrogens with two attached hydrogens (primary N) is 2. The summed E-state index contributed by atoms with van der Waals surface area (Å²) in [5.74, 6) is -0.551. The Morgan fingerprint density at radius 2 is 2.15 bits per heavy atom. The third kappa shape index (κ3) is 3.27. The van der Waals surface area contributed by atoms with Crippen molar-refractivity contribution >= 4 is 34.6 Å². The van der Waals surface area contributed by atoms with Gasteiger partial charge in [0.05, 0.1) is 28.0 Å². The molecule has 2 heterocycles. The summed E-state index contributed by atoms with van der Waals surface area (Å²) in [5, 5.41) is 17.8. The number of nitrogens with one attached hydrogen (secondary N) is 1. The number of furan rings is 1.